The van der Waals surface area contributed by atoms with Crippen molar-refractivity contribution in [1.29, 1.82) is 0 Å². The van der Waals surface area contributed by atoms with E-state index in [4.69, 9.17) is 14.2 Å². The molecule has 0 bridgehead atoms. The highest BCUT2D eigenvalue weighted by molar-refractivity contribution is 5.83. The molecule has 1 N–H and O–H groups in total. The third-order valence-electron chi connectivity index (χ3n) is 6.00. The average molecular weight is 455 g/mol. The fourth-order valence-corrected chi connectivity index (χ4v) is 4.43. The Labute approximate surface area is 191 Å². The second-order valence-corrected chi connectivity index (χ2v) is 9.69. The molecule has 2 aliphatic heterocycles. The third-order valence-corrected chi connectivity index (χ3v) is 6.00. The van der Waals surface area contributed by atoms with Gasteiger partial charge in [-0.2, -0.15) is 0 Å². The van der Waals surface area contributed by atoms with Gasteiger partial charge in [0.1, 0.15) is 13.2 Å². The van der Waals surface area contributed by atoms with E-state index in [0.717, 1.165) is 36.2 Å². The molecule has 0 radical (unpaired) electrons. The number of nitrogens with one attached hydrogen (secondary N) is 1. The summed E-state index contributed by atoms with van der Waals surface area (Å²) in [5, 5.41) is 13.2. The SMILES string of the molecule is CC(C)(C)n1nnnc1CN(Cc1cc2cc3c(cc2[nH]c1=O)OCCO3)C[C@@H]1CCCO1. The van der Waals surface area contributed by atoms with Crippen LogP contribution in [0.5, 0.6) is 11.5 Å². The Morgan fingerprint density at radius 3 is 2.64 bits per heavy atom. The molecule has 2 aliphatic rings. The van der Waals surface area contributed by atoms with Crippen molar-refractivity contribution in [2.24, 2.45) is 0 Å². The van der Waals surface area contributed by atoms with E-state index in [1.54, 1.807) is 0 Å². The van der Waals surface area contributed by atoms with Crippen LogP contribution < -0.4 is 15.0 Å². The minimum Gasteiger partial charge on any atom is -0.486 e. The molecule has 0 saturated carbocycles. The van der Waals surface area contributed by atoms with Crippen molar-refractivity contribution >= 4 is 10.9 Å². The molecule has 0 spiro atoms. The lowest BCUT2D eigenvalue weighted by molar-refractivity contribution is 0.0657. The molecule has 2 aromatic heterocycles. The number of hydrogen-bond acceptors (Lipinski definition) is 8. The Kier molecular flexibility index (Phi) is 5.79. The third kappa shape index (κ3) is 4.72. The Bertz CT molecular complexity index is 1190. The first-order valence-corrected chi connectivity index (χ1v) is 11.4. The summed E-state index contributed by atoms with van der Waals surface area (Å²) in [7, 11) is 0. The number of benzene rings is 1. The van der Waals surface area contributed by atoms with Gasteiger partial charge in [-0.05, 0) is 56.2 Å². The second kappa shape index (κ2) is 8.75. The number of fused-ring (bicyclic) bond motifs is 2. The largest absolute Gasteiger partial charge is 0.486 e. The number of ether oxygens (including phenoxy) is 3. The summed E-state index contributed by atoms with van der Waals surface area (Å²) in [6, 6.07) is 5.69. The van der Waals surface area contributed by atoms with Crippen LogP contribution >= 0.6 is 0 Å². The minimum absolute atomic E-state index is 0.119. The maximum absolute atomic E-state index is 13.0. The van der Waals surface area contributed by atoms with Crippen LogP contribution in [0.4, 0.5) is 0 Å². The lowest BCUT2D eigenvalue weighted by atomic mass is 10.1. The number of pyridine rings is 1. The van der Waals surface area contributed by atoms with E-state index in [2.05, 4.69) is 46.2 Å². The number of rotatable bonds is 6. The maximum atomic E-state index is 13.0. The van der Waals surface area contributed by atoms with Crippen molar-refractivity contribution in [3.05, 3.63) is 39.9 Å². The van der Waals surface area contributed by atoms with Crippen LogP contribution in [-0.2, 0) is 23.4 Å². The molecule has 3 aromatic rings. The highest BCUT2D eigenvalue weighted by Gasteiger charge is 2.25. The lowest BCUT2D eigenvalue weighted by Crippen LogP contribution is -2.35. The molecular weight excluding hydrogens is 424 g/mol. The van der Waals surface area contributed by atoms with Gasteiger partial charge in [-0.15, -0.1) is 5.10 Å². The summed E-state index contributed by atoms with van der Waals surface area (Å²) in [5.74, 6) is 2.12. The number of tetrazole rings is 1. The van der Waals surface area contributed by atoms with Crippen LogP contribution in [0.2, 0.25) is 0 Å². The molecule has 0 unspecified atom stereocenters. The molecule has 4 heterocycles. The van der Waals surface area contributed by atoms with Gasteiger partial charge in [0, 0.05) is 36.7 Å². The number of hydrogen-bond donors (Lipinski definition) is 1. The second-order valence-electron chi connectivity index (χ2n) is 9.69. The van der Waals surface area contributed by atoms with E-state index < -0.39 is 0 Å². The molecule has 1 fully saturated rings. The fraction of sp³-hybridized carbons (Fsp3) is 0.565. The lowest BCUT2D eigenvalue weighted by Gasteiger charge is -2.26. The normalized spacial score (nSPS) is 18.4. The minimum atomic E-state index is -0.240. The summed E-state index contributed by atoms with van der Waals surface area (Å²) in [6.45, 7) is 9.68. The topological polar surface area (TPSA) is 107 Å². The average Bonchev–Trinajstić information content (AvgIpc) is 3.45. The van der Waals surface area contributed by atoms with Gasteiger partial charge in [-0.1, -0.05) is 0 Å². The molecule has 176 valence electrons. The maximum Gasteiger partial charge on any atom is 0.252 e. The molecule has 1 atom stereocenters. The zero-order chi connectivity index (χ0) is 23.0. The molecule has 1 saturated heterocycles. The van der Waals surface area contributed by atoms with Gasteiger partial charge in [-0.25, -0.2) is 4.68 Å². The van der Waals surface area contributed by atoms with Gasteiger partial charge in [0.2, 0.25) is 0 Å². The monoisotopic (exact) mass is 454 g/mol. The van der Waals surface area contributed by atoms with Crippen LogP contribution in [0, 0.1) is 0 Å². The summed E-state index contributed by atoms with van der Waals surface area (Å²) in [5.41, 5.74) is 1.05. The van der Waals surface area contributed by atoms with Gasteiger partial charge in [0.05, 0.1) is 23.7 Å². The van der Waals surface area contributed by atoms with E-state index in [9.17, 15) is 4.79 Å². The van der Waals surface area contributed by atoms with E-state index in [1.165, 1.54) is 0 Å². The van der Waals surface area contributed by atoms with E-state index in [1.807, 2.05) is 22.9 Å². The molecular formula is C23H30N6O4. The molecule has 0 aliphatic carbocycles. The van der Waals surface area contributed by atoms with E-state index in [0.29, 0.717) is 49.9 Å². The summed E-state index contributed by atoms with van der Waals surface area (Å²) >= 11 is 0. The Hall–Kier alpha value is -2.98. The van der Waals surface area contributed by atoms with Gasteiger partial charge in [0.25, 0.3) is 5.56 Å². The van der Waals surface area contributed by atoms with Crippen molar-refractivity contribution in [1.82, 2.24) is 30.1 Å². The van der Waals surface area contributed by atoms with Gasteiger partial charge in [-0.3, -0.25) is 9.69 Å². The van der Waals surface area contributed by atoms with Crippen LogP contribution in [-0.4, -0.2) is 62.6 Å². The smallest absolute Gasteiger partial charge is 0.252 e. The van der Waals surface area contributed by atoms with Gasteiger partial charge in [0.15, 0.2) is 17.3 Å². The molecule has 10 nitrogen and oxygen atoms in total. The number of H-pyrrole nitrogens is 1. The van der Waals surface area contributed by atoms with Crippen LogP contribution in [0.3, 0.4) is 0 Å². The molecule has 5 rings (SSSR count). The van der Waals surface area contributed by atoms with Crippen LogP contribution in [0.25, 0.3) is 10.9 Å². The van der Waals surface area contributed by atoms with Gasteiger partial charge >= 0.3 is 0 Å². The Morgan fingerprint density at radius 1 is 1.12 bits per heavy atom. The highest BCUT2D eigenvalue weighted by atomic mass is 16.6. The zero-order valence-corrected chi connectivity index (χ0v) is 19.3. The Morgan fingerprint density at radius 2 is 1.91 bits per heavy atom. The first kappa shape index (κ1) is 21.8. The summed E-state index contributed by atoms with van der Waals surface area (Å²) in [6.07, 6.45) is 2.21. The quantitative estimate of drug-likeness (QED) is 0.604. The van der Waals surface area contributed by atoms with Crippen molar-refractivity contribution in [2.75, 3.05) is 26.4 Å². The van der Waals surface area contributed by atoms with Crippen molar-refractivity contribution in [3.8, 4) is 11.5 Å². The van der Waals surface area contributed by atoms with Crippen molar-refractivity contribution in [3.63, 3.8) is 0 Å². The molecule has 33 heavy (non-hydrogen) atoms. The molecule has 10 heteroatoms. The zero-order valence-electron chi connectivity index (χ0n) is 19.3. The standard InChI is InChI=1S/C23H30N6O4/c1-23(2,3)29-21(25-26-27-29)14-28(13-17-5-4-6-31-17)12-16-9-15-10-19-20(33-8-7-32-19)11-18(15)24-22(16)30/h9-11,17H,4-8,12-14H2,1-3H3,(H,24,30)/t17-/m0/s1. The van der Waals surface area contributed by atoms with Crippen LogP contribution in [0.1, 0.15) is 45.0 Å². The number of nitrogens with zero attached hydrogens (tertiary/aromatic N) is 5. The van der Waals surface area contributed by atoms with E-state index >= 15 is 0 Å². The number of aromatic nitrogens is 5. The Balaban J connectivity index is 1.45. The summed E-state index contributed by atoms with van der Waals surface area (Å²) in [4.78, 5) is 18.2. The summed E-state index contributed by atoms with van der Waals surface area (Å²) < 4.78 is 19.1. The first-order chi connectivity index (χ1) is 15.9. The predicted molar refractivity (Wildman–Crippen MR) is 121 cm³/mol. The first-order valence-electron chi connectivity index (χ1n) is 11.4. The molecule has 0 amide bonds. The van der Waals surface area contributed by atoms with Gasteiger partial charge < -0.3 is 19.2 Å². The fourth-order valence-electron chi connectivity index (χ4n) is 4.43. The van der Waals surface area contributed by atoms with E-state index in [-0.39, 0.29) is 17.2 Å². The van der Waals surface area contributed by atoms with Crippen LogP contribution in [0.15, 0.2) is 23.0 Å². The number of aromatic amines is 1. The molecule has 1 aromatic carbocycles. The van der Waals surface area contributed by atoms with Crippen molar-refractivity contribution in [2.45, 2.75) is 58.3 Å². The van der Waals surface area contributed by atoms with Crippen molar-refractivity contribution < 1.29 is 14.2 Å². The highest BCUT2D eigenvalue weighted by Crippen LogP contribution is 2.33. The predicted octanol–water partition coefficient (Wildman–Crippen LogP) is 2.22.